The van der Waals surface area contributed by atoms with Gasteiger partial charge in [-0.05, 0) is 12.5 Å². The van der Waals surface area contributed by atoms with Crippen molar-refractivity contribution in [2.75, 3.05) is 0 Å². The van der Waals surface area contributed by atoms with Crippen molar-refractivity contribution in [1.29, 1.82) is 0 Å². The van der Waals surface area contributed by atoms with Gasteiger partial charge in [0.2, 0.25) is 0 Å². The van der Waals surface area contributed by atoms with Gasteiger partial charge >= 0.3 is 0 Å². The zero-order valence-electron chi connectivity index (χ0n) is 6.81. The van der Waals surface area contributed by atoms with Crippen LogP contribution in [0.3, 0.4) is 0 Å². The minimum absolute atomic E-state index is 0.160. The van der Waals surface area contributed by atoms with E-state index >= 15 is 0 Å². The minimum atomic E-state index is -4.33. The molecule has 0 unspecified atom stereocenters. The molecule has 0 aromatic carbocycles. The highest BCUT2D eigenvalue weighted by atomic mass is 32.2. The summed E-state index contributed by atoms with van der Waals surface area (Å²) in [6.45, 7) is 1.59. The molecule has 0 radical (unpaired) electrons. The molecule has 1 aromatic rings. The Kier molecular flexibility index (Phi) is 2.16. The summed E-state index contributed by atoms with van der Waals surface area (Å²) in [5.41, 5.74) is 0.475. The lowest BCUT2D eigenvalue weighted by atomic mass is 10.3. The summed E-state index contributed by atoms with van der Waals surface area (Å²) in [5, 5.41) is 0. The van der Waals surface area contributed by atoms with E-state index in [4.69, 9.17) is 0 Å². The first-order valence-corrected chi connectivity index (χ1v) is 4.74. The molecule has 0 saturated carbocycles. The van der Waals surface area contributed by atoms with Gasteiger partial charge in [0.05, 0.1) is 0 Å². The standard InChI is InChI=1S/C7H9NO3S/c1-6-3-4-8(2)5-7(6)12(9,10)11/h3-5H,1-2H3. The first-order chi connectivity index (χ1) is 5.41. The molecule has 1 rings (SSSR count). The van der Waals surface area contributed by atoms with E-state index in [9.17, 15) is 13.0 Å². The maximum absolute atomic E-state index is 10.6. The molecule has 5 heteroatoms. The van der Waals surface area contributed by atoms with Crippen LogP contribution in [0.15, 0.2) is 23.4 Å². The van der Waals surface area contributed by atoms with Crippen LogP contribution in [0.1, 0.15) is 5.56 Å². The average Bonchev–Trinajstić information content (AvgIpc) is 1.92. The third-order valence-electron chi connectivity index (χ3n) is 1.54. The molecule has 1 aromatic heterocycles. The second-order valence-corrected chi connectivity index (χ2v) is 3.96. The Labute approximate surface area is 71.2 Å². The van der Waals surface area contributed by atoms with Crippen LogP contribution in [0.5, 0.6) is 0 Å². The highest BCUT2D eigenvalue weighted by molar-refractivity contribution is 7.85. The molecule has 0 fully saturated rings. The zero-order chi connectivity index (χ0) is 9.35. The van der Waals surface area contributed by atoms with Gasteiger partial charge in [-0.25, -0.2) is 13.0 Å². The fourth-order valence-electron chi connectivity index (χ4n) is 0.903. The molecule has 66 valence electrons. The fourth-order valence-corrected chi connectivity index (χ4v) is 1.66. The number of hydrogen-bond donors (Lipinski definition) is 0. The van der Waals surface area contributed by atoms with Crippen LogP contribution in [-0.4, -0.2) is 13.0 Å². The van der Waals surface area contributed by atoms with E-state index in [2.05, 4.69) is 0 Å². The lowest BCUT2D eigenvalue weighted by molar-refractivity contribution is -0.673. The van der Waals surface area contributed by atoms with Gasteiger partial charge in [0.15, 0.2) is 12.4 Å². The Balaban J connectivity index is 3.43. The second kappa shape index (κ2) is 2.84. The topological polar surface area (TPSA) is 61.1 Å². The van der Waals surface area contributed by atoms with Crippen LogP contribution in [0.25, 0.3) is 0 Å². The highest BCUT2D eigenvalue weighted by Gasteiger charge is 2.09. The van der Waals surface area contributed by atoms with Crippen LogP contribution >= 0.6 is 0 Å². The van der Waals surface area contributed by atoms with Crippen LogP contribution in [0.2, 0.25) is 0 Å². The van der Waals surface area contributed by atoms with E-state index < -0.39 is 10.1 Å². The van der Waals surface area contributed by atoms with E-state index in [1.54, 1.807) is 26.2 Å². The number of hydrogen-bond acceptors (Lipinski definition) is 3. The maximum Gasteiger partial charge on any atom is 0.186 e. The van der Waals surface area contributed by atoms with Gasteiger partial charge in [-0.1, -0.05) is 0 Å². The van der Waals surface area contributed by atoms with E-state index in [1.807, 2.05) is 0 Å². The van der Waals surface area contributed by atoms with Crippen molar-refractivity contribution in [3.8, 4) is 0 Å². The number of aromatic nitrogens is 1. The molecule has 0 bridgehead atoms. The van der Waals surface area contributed by atoms with E-state index in [1.165, 1.54) is 10.8 Å². The lowest BCUT2D eigenvalue weighted by Crippen LogP contribution is -2.28. The number of pyridine rings is 1. The first kappa shape index (κ1) is 9.15. The third kappa shape index (κ3) is 1.80. The summed E-state index contributed by atoms with van der Waals surface area (Å²) in [6.07, 6.45) is 2.99. The van der Waals surface area contributed by atoms with Crippen molar-refractivity contribution >= 4 is 10.1 Å². The number of rotatable bonds is 1. The molecule has 0 saturated heterocycles. The van der Waals surface area contributed by atoms with Gasteiger partial charge in [0, 0.05) is 6.07 Å². The minimum Gasteiger partial charge on any atom is -0.744 e. The van der Waals surface area contributed by atoms with Gasteiger partial charge in [-0.15, -0.1) is 0 Å². The molecule has 0 aliphatic carbocycles. The van der Waals surface area contributed by atoms with Crippen molar-refractivity contribution in [1.82, 2.24) is 0 Å². The molecule has 0 atom stereocenters. The number of nitrogens with zero attached hydrogens (tertiary/aromatic N) is 1. The van der Waals surface area contributed by atoms with Gasteiger partial charge in [-0.2, -0.15) is 0 Å². The van der Waals surface area contributed by atoms with Gasteiger partial charge < -0.3 is 4.55 Å². The quantitative estimate of drug-likeness (QED) is 0.449. The van der Waals surface area contributed by atoms with Gasteiger partial charge in [0.1, 0.15) is 22.1 Å². The normalized spacial score (nSPS) is 11.6. The van der Waals surface area contributed by atoms with E-state index in [-0.39, 0.29) is 4.90 Å². The monoisotopic (exact) mass is 187 g/mol. The predicted molar refractivity (Wildman–Crippen MR) is 40.3 cm³/mol. The van der Waals surface area contributed by atoms with Crippen LogP contribution in [-0.2, 0) is 17.2 Å². The molecule has 0 N–H and O–H groups in total. The maximum atomic E-state index is 10.6. The molecule has 4 nitrogen and oxygen atoms in total. The molecule has 0 aliphatic rings. The largest absolute Gasteiger partial charge is 0.744 e. The molecular weight excluding hydrogens is 178 g/mol. The summed E-state index contributed by atoms with van der Waals surface area (Å²) in [7, 11) is -2.67. The molecule has 0 spiro atoms. The van der Waals surface area contributed by atoms with Crippen molar-refractivity contribution in [2.45, 2.75) is 11.8 Å². The Morgan fingerprint density at radius 3 is 2.50 bits per heavy atom. The Hall–Kier alpha value is -0.940. The van der Waals surface area contributed by atoms with Crippen LogP contribution in [0.4, 0.5) is 0 Å². The zero-order valence-corrected chi connectivity index (χ0v) is 7.63. The molecule has 1 heterocycles. The molecule has 0 amide bonds. The Morgan fingerprint density at radius 1 is 1.50 bits per heavy atom. The van der Waals surface area contributed by atoms with Crippen molar-refractivity contribution in [3.63, 3.8) is 0 Å². The SMILES string of the molecule is Cc1cc[n+](C)cc1S(=O)(=O)[O-]. The van der Waals surface area contributed by atoms with Crippen molar-refractivity contribution in [2.24, 2.45) is 7.05 Å². The molecular formula is C7H9NO3S. The summed E-state index contributed by atoms with van der Waals surface area (Å²) in [6, 6.07) is 1.59. The third-order valence-corrected chi connectivity index (χ3v) is 2.50. The van der Waals surface area contributed by atoms with Gasteiger partial charge in [0.25, 0.3) is 0 Å². The average molecular weight is 187 g/mol. The van der Waals surface area contributed by atoms with Crippen molar-refractivity contribution in [3.05, 3.63) is 24.0 Å². The Bertz CT molecular complexity index is 397. The smallest absolute Gasteiger partial charge is 0.186 e. The Morgan fingerprint density at radius 2 is 2.08 bits per heavy atom. The van der Waals surface area contributed by atoms with E-state index in [0.717, 1.165) is 0 Å². The van der Waals surface area contributed by atoms with Gasteiger partial charge in [-0.3, -0.25) is 0 Å². The molecule has 0 aliphatic heterocycles. The predicted octanol–water partition coefficient (Wildman–Crippen LogP) is -0.276. The van der Waals surface area contributed by atoms with Crippen molar-refractivity contribution < 1.29 is 17.5 Å². The van der Waals surface area contributed by atoms with E-state index in [0.29, 0.717) is 5.56 Å². The van der Waals surface area contributed by atoms with Crippen LogP contribution in [0, 0.1) is 6.92 Å². The summed E-state index contributed by atoms with van der Waals surface area (Å²) >= 11 is 0. The summed E-state index contributed by atoms with van der Waals surface area (Å²) < 4.78 is 33.4. The van der Waals surface area contributed by atoms with Crippen LogP contribution < -0.4 is 4.57 Å². The summed E-state index contributed by atoms with van der Waals surface area (Å²) in [4.78, 5) is -0.160. The second-order valence-electron chi connectivity index (χ2n) is 2.61. The highest BCUT2D eigenvalue weighted by Crippen LogP contribution is 2.09. The number of aryl methyl sites for hydroxylation is 2. The first-order valence-electron chi connectivity index (χ1n) is 3.33. The summed E-state index contributed by atoms with van der Waals surface area (Å²) in [5.74, 6) is 0. The lowest BCUT2D eigenvalue weighted by Gasteiger charge is -2.06. The fraction of sp³-hybridized carbons (Fsp3) is 0.286. The molecule has 12 heavy (non-hydrogen) atoms.